The maximum absolute atomic E-state index is 5.54. The van der Waals surface area contributed by atoms with Crippen LogP contribution in [-0.2, 0) is 4.74 Å². The lowest BCUT2D eigenvalue weighted by Gasteiger charge is -2.12. The molecule has 0 spiro atoms. The van der Waals surface area contributed by atoms with E-state index in [0.717, 1.165) is 18.8 Å². The fraction of sp³-hybridized carbons (Fsp3) is 0.923. The molecule has 29 heavy (non-hydrogen) atoms. The molecule has 1 nitrogen and oxygen atoms in total. The molecule has 0 bridgehead atoms. The summed E-state index contributed by atoms with van der Waals surface area (Å²) in [5.74, 6) is 0. The fourth-order valence-corrected chi connectivity index (χ4v) is 6.06. The van der Waals surface area contributed by atoms with Crippen LogP contribution in [0.25, 0.3) is 0 Å². The molecule has 0 aromatic carbocycles. The zero-order valence-electron chi connectivity index (χ0n) is 20.3. The van der Waals surface area contributed by atoms with Crippen molar-refractivity contribution in [2.24, 2.45) is 0 Å². The van der Waals surface area contributed by atoms with Crippen LogP contribution < -0.4 is 0 Å². The topological polar surface area (TPSA) is 9.23 Å². The highest BCUT2D eigenvalue weighted by Gasteiger charge is 2.14. The van der Waals surface area contributed by atoms with Gasteiger partial charge in [-0.2, -0.15) is 0 Å². The van der Waals surface area contributed by atoms with E-state index in [1.807, 2.05) is 6.92 Å². The van der Waals surface area contributed by atoms with Crippen molar-refractivity contribution in [1.82, 2.24) is 0 Å². The van der Waals surface area contributed by atoms with Crippen molar-refractivity contribution < 1.29 is 4.74 Å². The molecule has 0 fully saturated rings. The fourth-order valence-electron chi connectivity index (χ4n) is 3.82. The summed E-state index contributed by atoms with van der Waals surface area (Å²) in [6.07, 6.45) is 25.9. The van der Waals surface area contributed by atoms with Crippen LogP contribution >= 0.6 is 21.8 Å². The second-order valence-corrected chi connectivity index (χ2v) is 22.5. The molecule has 0 radical (unpaired) electrons. The number of hydrogen-bond acceptors (Lipinski definition) is 1. The first-order valence-electron chi connectivity index (χ1n) is 12.8. The predicted octanol–water partition coefficient (Wildman–Crippen LogP) is 10.2. The SMILES string of the molecule is C=C(C)COCCCCCCCCCCCCCCCCCCCC[Si](C)(C)I. The second kappa shape index (κ2) is 21.9. The van der Waals surface area contributed by atoms with Gasteiger partial charge in [0.2, 0.25) is 0 Å². The maximum Gasteiger partial charge on any atom is 0.119 e. The molecule has 0 rings (SSSR count). The van der Waals surface area contributed by atoms with Crippen molar-refractivity contribution in [3.8, 4) is 0 Å². The molecule has 0 aliphatic carbocycles. The molecule has 0 N–H and O–H groups in total. The van der Waals surface area contributed by atoms with E-state index >= 15 is 0 Å². The molecule has 0 amide bonds. The van der Waals surface area contributed by atoms with E-state index in [0.29, 0.717) is 0 Å². The van der Waals surface area contributed by atoms with Gasteiger partial charge in [0, 0.05) is 6.61 Å². The molecule has 0 saturated carbocycles. The summed E-state index contributed by atoms with van der Waals surface area (Å²) < 4.78 is 5.54. The van der Waals surface area contributed by atoms with Gasteiger partial charge in [-0.25, -0.2) is 0 Å². The monoisotopic (exact) mass is 536 g/mol. The highest BCUT2D eigenvalue weighted by atomic mass is 127. The number of hydrogen-bond donors (Lipinski definition) is 0. The molecule has 0 aromatic heterocycles. The van der Waals surface area contributed by atoms with Crippen LogP contribution in [0.3, 0.4) is 0 Å². The molecule has 0 aliphatic heterocycles. The van der Waals surface area contributed by atoms with Gasteiger partial charge in [0.15, 0.2) is 0 Å². The molecule has 0 atom stereocenters. The smallest absolute Gasteiger partial charge is 0.119 e. The molecule has 0 aliphatic rings. The van der Waals surface area contributed by atoms with Gasteiger partial charge in [-0.15, -0.1) is 21.8 Å². The molecule has 0 saturated heterocycles. The van der Waals surface area contributed by atoms with E-state index in [1.54, 1.807) is 0 Å². The van der Waals surface area contributed by atoms with Gasteiger partial charge < -0.3 is 4.74 Å². The van der Waals surface area contributed by atoms with Crippen LogP contribution in [0.4, 0.5) is 0 Å². The van der Waals surface area contributed by atoms with Crippen LogP contribution in [-0.4, -0.2) is 18.8 Å². The van der Waals surface area contributed by atoms with Crippen molar-refractivity contribution in [3.63, 3.8) is 0 Å². The van der Waals surface area contributed by atoms with Gasteiger partial charge in [0.25, 0.3) is 0 Å². The molecule has 174 valence electrons. The first-order chi connectivity index (χ1) is 13.9. The third kappa shape index (κ3) is 28.6. The lowest BCUT2D eigenvalue weighted by molar-refractivity contribution is 0.151. The Labute approximate surface area is 198 Å². The maximum atomic E-state index is 5.54. The van der Waals surface area contributed by atoms with Crippen LogP contribution in [0.1, 0.15) is 122 Å². The van der Waals surface area contributed by atoms with Crippen molar-refractivity contribution in [2.45, 2.75) is 142 Å². The van der Waals surface area contributed by atoms with E-state index < -0.39 is 5.57 Å². The van der Waals surface area contributed by atoms with Crippen molar-refractivity contribution >= 4 is 27.4 Å². The van der Waals surface area contributed by atoms with Crippen LogP contribution in [0.2, 0.25) is 19.1 Å². The van der Waals surface area contributed by atoms with E-state index in [-0.39, 0.29) is 0 Å². The first kappa shape index (κ1) is 29.6. The Bertz CT molecular complexity index is 351. The van der Waals surface area contributed by atoms with Crippen LogP contribution in [0.5, 0.6) is 0 Å². The summed E-state index contributed by atoms with van der Waals surface area (Å²) in [6, 6.07) is 1.51. The highest BCUT2D eigenvalue weighted by Crippen LogP contribution is 2.22. The van der Waals surface area contributed by atoms with Gasteiger partial charge in [-0.1, -0.05) is 134 Å². The Morgan fingerprint density at radius 1 is 0.621 bits per heavy atom. The summed E-state index contributed by atoms with van der Waals surface area (Å²) in [5, 5.41) is 0. The summed E-state index contributed by atoms with van der Waals surface area (Å²) in [4.78, 5) is 0. The lowest BCUT2D eigenvalue weighted by atomic mass is 10.0. The summed E-state index contributed by atoms with van der Waals surface area (Å²) in [7, 11) is 0. The molecule has 0 aromatic rings. The number of rotatable bonds is 23. The molecular weight excluding hydrogens is 483 g/mol. The van der Waals surface area contributed by atoms with Crippen molar-refractivity contribution in [1.29, 1.82) is 0 Å². The van der Waals surface area contributed by atoms with Crippen molar-refractivity contribution in [3.05, 3.63) is 12.2 Å². The van der Waals surface area contributed by atoms with Gasteiger partial charge in [0.1, 0.15) is 5.57 Å². The van der Waals surface area contributed by atoms with Crippen LogP contribution in [0.15, 0.2) is 12.2 Å². The van der Waals surface area contributed by atoms with E-state index in [9.17, 15) is 0 Å². The minimum atomic E-state index is -0.812. The minimum Gasteiger partial charge on any atom is -0.377 e. The van der Waals surface area contributed by atoms with Gasteiger partial charge in [0.05, 0.1) is 6.61 Å². The zero-order chi connectivity index (χ0) is 21.6. The Balaban J connectivity index is 3.04. The number of ether oxygens (including phenoxy) is 1. The Morgan fingerprint density at radius 2 is 0.931 bits per heavy atom. The largest absolute Gasteiger partial charge is 0.377 e. The number of unbranched alkanes of at least 4 members (excludes halogenated alkanes) is 17. The average molecular weight is 537 g/mol. The molecule has 0 heterocycles. The second-order valence-electron chi connectivity index (χ2n) is 9.84. The van der Waals surface area contributed by atoms with Gasteiger partial charge in [-0.3, -0.25) is 0 Å². The zero-order valence-corrected chi connectivity index (χ0v) is 23.5. The van der Waals surface area contributed by atoms with Crippen LogP contribution in [0, 0.1) is 0 Å². The van der Waals surface area contributed by atoms with Crippen molar-refractivity contribution in [2.75, 3.05) is 13.2 Å². The molecule has 0 unspecified atom stereocenters. The Kier molecular flexibility index (Phi) is 22.4. The summed E-state index contributed by atoms with van der Waals surface area (Å²) in [5.41, 5.74) is 0.316. The molecular formula is C26H53IOSi. The predicted molar refractivity (Wildman–Crippen MR) is 145 cm³/mol. The van der Waals surface area contributed by atoms with E-state index in [2.05, 4.69) is 41.5 Å². The average Bonchev–Trinajstić information content (AvgIpc) is 2.64. The lowest BCUT2D eigenvalue weighted by Crippen LogP contribution is -2.13. The minimum absolute atomic E-state index is 0.735. The van der Waals surface area contributed by atoms with Gasteiger partial charge in [-0.05, 0) is 19.4 Å². The van der Waals surface area contributed by atoms with E-state index in [4.69, 9.17) is 4.74 Å². The summed E-state index contributed by atoms with van der Waals surface area (Å²) >= 11 is 2.72. The highest BCUT2D eigenvalue weighted by molar-refractivity contribution is 14.1. The Morgan fingerprint density at radius 3 is 1.24 bits per heavy atom. The van der Waals surface area contributed by atoms with Gasteiger partial charge >= 0.3 is 0 Å². The Hall–Kier alpha value is 0.647. The third-order valence-corrected chi connectivity index (χ3v) is 8.82. The standard InChI is InChI=1S/C26H53IOSi/c1-26(2)25-28-23-21-19-17-15-13-11-9-7-5-6-8-10-12-14-16-18-20-22-24-29(3,4)27/h1,5-25H2,2-4H3. The molecule has 3 heteroatoms. The normalized spacial score (nSPS) is 11.9. The van der Waals surface area contributed by atoms with E-state index in [1.165, 1.54) is 122 Å². The first-order valence-corrected chi connectivity index (χ1v) is 19.1. The summed E-state index contributed by atoms with van der Waals surface area (Å²) in [6.45, 7) is 12.5. The third-order valence-electron chi connectivity index (χ3n) is 5.66. The number of halogens is 1. The quantitative estimate of drug-likeness (QED) is 0.0415.